The molecule has 0 radical (unpaired) electrons. The van der Waals surface area contributed by atoms with Crippen LogP contribution in [0.25, 0.3) is 21.7 Å². The maximum Gasteiger partial charge on any atom is 0.326 e. The lowest BCUT2D eigenvalue weighted by Crippen LogP contribution is -2.42. The van der Waals surface area contributed by atoms with Crippen molar-refractivity contribution in [1.29, 1.82) is 0 Å². The van der Waals surface area contributed by atoms with Crippen LogP contribution in [-0.2, 0) is 26.0 Å². The fraction of sp³-hybridized carbons (Fsp3) is 0.324. The minimum absolute atomic E-state index is 0.138. The lowest BCUT2D eigenvalue weighted by Gasteiger charge is -2.19. The molecule has 0 bridgehead atoms. The Morgan fingerprint density at radius 2 is 1.73 bits per heavy atom. The molecule has 4 aromatic rings. The van der Waals surface area contributed by atoms with Crippen LogP contribution in [-0.4, -0.2) is 48.4 Å². The average molecular weight is 635 g/mol. The Balaban J connectivity index is 1.59. The Morgan fingerprint density at radius 3 is 2.41 bits per heavy atom. The van der Waals surface area contributed by atoms with Gasteiger partial charge in [-0.15, -0.1) is 11.3 Å². The number of carboxylic acids is 1. The highest BCUT2D eigenvalue weighted by Crippen LogP contribution is 2.34. The molecule has 0 saturated carbocycles. The monoisotopic (exact) mass is 634 g/mol. The van der Waals surface area contributed by atoms with Gasteiger partial charge in [-0.25, -0.2) is 18.2 Å². The smallest absolute Gasteiger partial charge is 0.326 e. The van der Waals surface area contributed by atoms with Crippen molar-refractivity contribution >= 4 is 33.1 Å². The zero-order valence-electron chi connectivity index (χ0n) is 25.2. The van der Waals surface area contributed by atoms with Crippen LogP contribution in [0.4, 0.5) is 0 Å². The van der Waals surface area contributed by atoms with Crippen molar-refractivity contribution in [3.8, 4) is 21.7 Å². The largest absolute Gasteiger partial charge is 0.480 e. The van der Waals surface area contributed by atoms with E-state index in [0.717, 1.165) is 57.7 Å². The summed E-state index contributed by atoms with van der Waals surface area (Å²) in [6.45, 7) is 4.40. The van der Waals surface area contributed by atoms with Crippen LogP contribution >= 0.6 is 11.3 Å². The summed E-state index contributed by atoms with van der Waals surface area (Å²) < 4.78 is 29.7. The molecule has 1 amide bonds. The molecule has 8 nitrogen and oxygen atoms in total. The number of amides is 1. The highest BCUT2D eigenvalue weighted by Gasteiger charge is 2.25. The molecule has 1 heterocycles. The summed E-state index contributed by atoms with van der Waals surface area (Å²) in [6.07, 6.45) is 5.45. The second-order valence-corrected chi connectivity index (χ2v) is 14.2. The van der Waals surface area contributed by atoms with Gasteiger partial charge in [-0.1, -0.05) is 80.4 Å². The standard InChI is InChI=1S/C34H38N2O6S2/c1-4-5-15-30(31-21-35-33(43-31)25-12-7-6-8-13-25)42-22-24-16-17-27(28(20-24)26-14-10-9-11-23(26)2)32(37)36-29(34(38)39)18-19-44(3,40)41/h6-14,16-17,20-21,29-30H,4-5,15,18-19,22H2,1-3H3,(H,36,37)(H,38,39). The van der Waals surface area contributed by atoms with Crippen molar-refractivity contribution in [2.45, 2.75) is 58.3 Å². The van der Waals surface area contributed by atoms with Gasteiger partial charge in [-0.05, 0) is 54.2 Å². The van der Waals surface area contributed by atoms with Crippen molar-refractivity contribution in [3.63, 3.8) is 0 Å². The van der Waals surface area contributed by atoms with Crippen molar-refractivity contribution < 1.29 is 27.9 Å². The number of nitrogens with one attached hydrogen (secondary N) is 1. The minimum atomic E-state index is -3.40. The number of carboxylic acid groups (broad SMARTS) is 1. The second-order valence-electron chi connectivity index (χ2n) is 10.9. The molecule has 10 heteroatoms. The van der Waals surface area contributed by atoms with E-state index < -0.39 is 27.8 Å². The molecule has 0 saturated heterocycles. The van der Waals surface area contributed by atoms with Crippen molar-refractivity contribution in [1.82, 2.24) is 10.3 Å². The zero-order chi connectivity index (χ0) is 31.7. The molecule has 232 valence electrons. The summed E-state index contributed by atoms with van der Waals surface area (Å²) in [5, 5.41) is 13.1. The number of unbranched alkanes of at least 4 members (excludes halogenated alkanes) is 1. The molecule has 2 atom stereocenters. The number of aliphatic carboxylic acids is 1. The Labute approximate surface area is 263 Å². The Bertz CT molecular complexity index is 1680. The zero-order valence-corrected chi connectivity index (χ0v) is 26.8. The first-order valence-corrected chi connectivity index (χ1v) is 17.5. The Hall–Kier alpha value is -3.86. The second kappa shape index (κ2) is 15.2. The Morgan fingerprint density at radius 1 is 1.00 bits per heavy atom. The van der Waals surface area contributed by atoms with Crippen molar-refractivity contribution in [3.05, 3.63) is 101 Å². The van der Waals surface area contributed by atoms with Crippen LogP contribution in [0.3, 0.4) is 0 Å². The number of nitrogens with zero attached hydrogens (tertiary/aromatic N) is 1. The number of hydrogen-bond donors (Lipinski definition) is 2. The van der Waals surface area contributed by atoms with E-state index in [1.165, 1.54) is 0 Å². The van der Waals surface area contributed by atoms with E-state index in [-0.39, 0.29) is 18.3 Å². The fourth-order valence-corrected chi connectivity index (χ4v) is 6.52. The van der Waals surface area contributed by atoms with Crippen LogP contribution in [0.1, 0.15) is 65.1 Å². The number of ether oxygens (including phenoxy) is 1. The lowest BCUT2D eigenvalue weighted by atomic mass is 9.93. The summed E-state index contributed by atoms with van der Waals surface area (Å²) in [5.74, 6) is -2.23. The molecular weight excluding hydrogens is 597 g/mol. The third kappa shape index (κ3) is 9.07. The maximum absolute atomic E-state index is 13.4. The maximum atomic E-state index is 13.4. The number of carbonyl (C=O) groups excluding carboxylic acids is 1. The van der Waals surface area contributed by atoms with E-state index in [4.69, 9.17) is 4.74 Å². The molecule has 0 aliphatic carbocycles. The lowest BCUT2D eigenvalue weighted by molar-refractivity contribution is -0.139. The molecule has 3 aromatic carbocycles. The third-order valence-electron chi connectivity index (χ3n) is 7.28. The third-order valence-corrected chi connectivity index (χ3v) is 9.39. The highest BCUT2D eigenvalue weighted by atomic mass is 32.2. The normalized spacial score (nSPS) is 12.9. The summed E-state index contributed by atoms with van der Waals surface area (Å²) in [4.78, 5) is 31.0. The van der Waals surface area contributed by atoms with Gasteiger partial charge >= 0.3 is 5.97 Å². The number of aromatic nitrogens is 1. The van der Waals surface area contributed by atoms with Gasteiger partial charge in [0.25, 0.3) is 5.91 Å². The molecule has 0 spiro atoms. The van der Waals surface area contributed by atoms with Crippen LogP contribution < -0.4 is 5.32 Å². The minimum Gasteiger partial charge on any atom is -0.480 e. The summed E-state index contributed by atoms with van der Waals surface area (Å²) >= 11 is 1.63. The van der Waals surface area contributed by atoms with E-state index in [9.17, 15) is 23.1 Å². The number of sulfone groups is 1. The fourth-order valence-electron chi connectivity index (χ4n) is 4.85. The number of carbonyl (C=O) groups is 2. The number of benzene rings is 3. The highest BCUT2D eigenvalue weighted by molar-refractivity contribution is 7.90. The number of aryl methyl sites for hydroxylation is 1. The molecule has 0 fully saturated rings. The molecule has 44 heavy (non-hydrogen) atoms. The van der Waals surface area contributed by atoms with Crippen molar-refractivity contribution in [2.24, 2.45) is 0 Å². The van der Waals surface area contributed by atoms with Crippen LogP contribution in [0.15, 0.2) is 79.0 Å². The Kier molecular flexibility index (Phi) is 11.4. The van der Waals surface area contributed by atoms with Gasteiger partial charge in [0.2, 0.25) is 0 Å². The van der Waals surface area contributed by atoms with Gasteiger partial charge in [-0.3, -0.25) is 4.79 Å². The molecular formula is C34H38N2O6S2. The summed E-state index contributed by atoms with van der Waals surface area (Å²) in [7, 11) is -3.40. The van der Waals surface area contributed by atoms with Crippen LogP contribution in [0.5, 0.6) is 0 Å². The predicted molar refractivity (Wildman–Crippen MR) is 174 cm³/mol. The van der Waals surface area contributed by atoms with Crippen LogP contribution in [0.2, 0.25) is 0 Å². The SMILES string of the molecule is CCCCC(OCc1ccc(C(=O)NC(CCS(C)(=O)=O)C(=O)O)c(-c2ccccc2C)c1)c1cnc(-c2ccccc2)s1. The van der Waals surface area contributed by atoms with E-state index in [0.29, 0.717) is 17.7 Å². The number of thiazole rings is 1. The molecule has 2 N–H and O–H groups in total. The molecule has 2 unspecified atom stereocenters. The number of rotatable bonds is 15. The van der Waals surface area contributed by atoms with Gasteiger partial charge in [0.15, 0.2) is 0 Å². The molecule has 0 aliphatic heterocycles. The average Bonchev–Trinajstić information content (AvgIpc) is 3.49. The topological polar surface area (TPSA) is 123 Å². The van der Waals surface area contributed by atoms with Gasteiger partial charge in [-0.2, -0.15) is 0 Å². The molecule has 1 aromatic heterocycles. The van der Waals surface area contributed by atoms with Crippen molar-refractivity contribution in [2.75, 3.05) is 12.0 Å². The van der Waals surface area contributed by atoms with Gasteiger partial charge in [0.1, 0.15) is 20.9 Å². The summed E-state index contributed by atoms with van der Waals surface area (Å²) in [5.41, 5.74) is 4.65. The summed E-state index contributed by atoms with van der Waals surface area (Å²) in [6, 6.07) is 21.7. The van der Waals surface area contributed by atoms with E-state index >= 15 is 0 Å². The molecule has 0 aliphatic rings. The first kappa shape index (κ1) is 33.0. The van der Waals surface area contributed by atoms with E-state index in [2.05, 4.69) is 17.2 Å². The van der Waals surface area contributed by atoms with E-state index in [1.807, 2.05) is 79.9 Å². The number of hydrogen-bond acceptors (Lipinski definition) is 7. The molecule has 4 rings (SSSR count). The van der Waals surface area contributed by atoms with E-state index in [1.54, 1.807) is 17.4 Å². The van der Waals surface area contributed by atoms with Gasteiger partial charge in [0.05, 0.1) is 23.3 Å². The first-order chi connectivity index (χ1) is 21.1. The predicted octanol–water partition coefficient (Wildman–Crippen LogP) is 6.85. The van der Waals surface area contributed by atoms with Crippen LogP contribution in [0, 0.1) is 6.92 Å². The van der Waals surface area contributed by atoms with Gasteiger partial charge < -0.3 is 15.2 Å². The van der Waals surface area contributed by atoms with Gasteiger partial charge in [0, 0.05) is 23.6 Å². The first-order valence-electron chi connectivity index (χ1n) is 14.6. The quantitative estimate of drug-likeness (QED) is 0.147.